The van der Waals surface area contributed by atoms with Crippen LogP contribution in [0.2, 0.25) is 0 Å². The molecule has 1 aromatic carbocycles. The summed E-state index contributed by atoms with van der Waals surface area (Å²) in [6.07, 6.45) is 1.27. The zero-order valence-corrected chi connectivity index (χ0v) is 12.8. The quantitative estimate of drug-likeness (QED) is 0.840. The molecule has 0 aliphatic heterocycles. The molecule has 0 heterocycles. The summed E-state index contributed by atoms with van der Waals surface area (Å²) in [5.41, 5.74) is 6.30. The van der Waals surface area contributed by atoms with Crippen LogP contribution in [0, 0.1) is 5.41 Å². The molecule has 1 saturated carbocycles. The largest absolute Gasteiger partial charge is 0.497 e. The standard InChI is InChI=1S/C14H21NO4S/c1-18-9-14(8-15)12(13(14)20(3,16)17)10-4-6-11(19-2)7-5-10/h4-7,12-13H,8-9,15H2,1-3H3. The number of benzene rings is 1. The summed E-state index contributed by atoms with van der Waals surface area (Å²) in [5, 5.41) is -0.478. The van der Waals surface area contributed by atoms with E-state index in [1.54, 1.807) is 14.2 Å². The molecule has 112 valence electrons. The van der Waals surface area contributed by atoms with E-state index in [0.29, 0.717) is 6.61 Å². The Hall–Kier alpha value is -1.11. The number of hydrogen-bond acceptors (Lipinski definition) is 5. The van der Waals surface area contributed by atoms with E-state index in [1.807, 2.05) is 24.3 Å². The van der Waals surface area contributed by atoms with Crippen LogP contribution in [-0.2, 0) is 14.6 Å². The van der Waals surface area contributed by atoms with Gasteiger partial charge in [0.25, 0.3) is 0 Å². The van der Waals surface area contributed by atoms with Gasteiger partial charge in [0.15, 0.2) is 9.84 Å². The molecule has 0 spiro atoms. The van der Waals surface area contributed by atoms with E-state index in [1.165, 1.54) is 6.26 Å². The van der Waals surface area contributed by atoms with Crippen LogP contribution in [0.4, 0.5) is 0 Å². The van der Waals surface area contributed by atoms with Gasteiger partial charge in [0.2, 0.25) is 0 Å². The van der Waals surface area contributed by atoms with E-state index >= 15 is 0 Å². The van der Waals surface area contributed by atoms with Crippen molar-refractivity contribution in [3.8, 4) is 5.75 Å². The highest BCUT2D eigenvalue weighted by molar-refractivity contribution is 7.91. The van der Waals surface area contributed by atoms with Gasteiger partial charge in [0, 0.05) is 31.2 Å². The minimum Gasteiger partial charge on any atom is -0.497 e. The van der Waals surface area contributed by atoms with Gasteiger partial charge >= 0.3 is 0 Å². The maximum atomic E-state index is 12.0. The molecule has 20 heavy (non-hydrogen) atoms. The summed E-state index contributed by atoms with van der Waals surface area (Å²) in [6, 6.07) is 7.46. The Morgan fingerprint density at radius 1 is 1.25 bits per heavy atom. The number of nitrogens with two attached hydrogens (primary N) is 1. The molecule has 6 heteroatoms. The fourth-order valence-corrected chi connectivity index (χ4v) is 5.20. The number of sulfone groups is 1. The Kier molecular flexibility index (Phi) is 4.09. The monoisotopic (exact) mass is 299 g/mol. The van der Waals surface area contributed by atoms with Crippen LogP contribution in [0.5, 0.6) is 5.75 Å². The summed E-state index contributed by atoms with van der Waals surface area (Å²) in [7, 11) is -0.00843. The van der Waals surface area contributed by atoms with E-state index in [-0.39, 0.29) is 12.5 Å². The van der Waals surface area contributed by atoms with E-state index < -0.39 is 20.5 Å². The predicted octanol–water partition coefficient (Wildman–Crippen LogP) is 0.797. The van der Waals surface area contributed by atoms with Crippen molar-refractivity contribution in [3.63, 3.8) is 0 Å². The lowest BCUT2D eigenvalue weighted by atomic mass is 10.00. The van der Waals surface area contributed by atoms with Crippen molar-refractivity contribution in [2.75, 3.05) is 33.6 Å². The van der Waals surface area contributed by atoms with Gasteiger partial charge in [-0.25, -0.2) is 8.42 Å². The Morgan fingerprint density at radius 2 is 1.85 bits per heavy atom. The SMILES string of the molecule is COCC1(CN)C(c2ccc(OC)cc2)C1S(C)(=O)=O. The third-order valence-corrected chi connectivity index (χ3v) is 5.77. The third kappa shape index (κ3) is 2.43. The molecule has 3 atom stereocenters. The number of rotatable bonds is 6. The number of hydrogen-bond donors (Lipinski definition) is 1. The Labute approximate surface area is 120 Å². The molecule has 0 aromatic heterocycles. The lowest BCUT2D eigenvalue weighted by Gasteiger charge is -2.14. The van der Waals surface area contributed by atoms with Crippen molar-refractivity contribution in [2.24, 2.45) is 11.1 Å². The minimum absolute atomic E-state index is 0.117. The molecule has 1 aromatic rings. The average molecular weight is 299 g/mol. The van der Waals surface area contributed by atoms with E-state index in [9.17, 15) is 8.42 Å². The van der Waals surface area contributed by atoms with Crippen LogP contribution in [0.1, 0.15) is 11.5 Å². The molecule has 5 nitrogen and oxygen atoms in total. The van der Waals surface area contributed by atoms with Crippen molar-refractivity contribution >= 4 is 9.84 Å². The number of methoxy groups -OCH3 is 2. The summed E-state index contributed by atoms with van der Waals surface area (Å²) >= 11 is 0. The molecule has 3 unspecified atom stereocenters. The molecule has 1 aliphatic carbocycles. The first-order valence-corrected chi connectivity index (χ1v) is 8.38. The molecule has 0 bridgehead atoms. The highest BCUT2D eigenvalue weighted by atomic mass is 32.2. The van der Waals surface area contributed by atoms with E-state index in [2.05, 4.69) is 0 Å². The Balaban J connectivity index is 2.37. The van der Waals surface area contributed by atoms with Crippen molar-refractivity contribution in [2.45, 2.75) is 11.2 Å². The molecule has 2 N–H and O–H groups in total. The van der Waals surface area contributed by atoms with Crippen LogP contribution < -0.4 is 10.5 Å². The lowest BCUT2D eigenvalue weighted by molar-refractivity contribution is 0.142. The van der Waals surface area contributed by atoms with Crippen molar-refractivity contribution in [3.05, 3.63) is 29.8 Å². The first-order valence-electron chi connectivity index (χ1n) is 6.42. The van der Waals surface area contributed by atoms with Crippen LogP contribution in [0.15, 0.2) is 24.3 Å². The molecule has 1 aliphatic rings. The summed E-state index contributed by atoms with van der Waals surface area (Å²) in [4.78, 5) is 0. The van der Waals surface area contributed by atoms with Gasteiger partial charge in [-0.05, 0) is 17.7 Å². The van der Waals surface area contributed by atoms with Gasteiger partial charge in [-0.3, -0.25) is 0 Å². The summed E-state index contributed by atoms with van der Waals surface area (Å²) in [6.45, 7) is 0.632. The van der Waals surface area contributed by atoms with Gasteiger partial charge in [0.05, 0.1) is 19.0 Å². The molecule has 0 radical (unpaired) electrons. The second-order valence-electron chi connectivity index (χ2n) is 5.37. The van der Waals surface area contributed by atoms with Gasteiger partial charge in [-0.15, -0.1) is 0 Å². The van der Waals surface area contributed by atoms with Crippen LogP contribution in [-0.4, -0.2) is 47.3 Å². The smallest absolute Gasteiger partial charge is 0.151 e. The Morgan fingerprint density at radius 3 is 2.25 bits per heavy atom. The molecule has 0 amide bonds. The second-order valence-corrected chi connectivity index (χ2v) is 7.54. The molecular formula is C14H21NO4S. The first-order chi connectivity index (χ1) is 9.40. The maximum absolute atomic E-state index is 12.0. The predicted molar refractivity (Wildman–Crippen MR) is 77.7 cm³/mol. The van der Waals surface area contributed by atoms with Crippen LogP contribution in [0.25, 0.3) is 0 Å². The fourth-order valence-electron chi connectivity index (χ4n) is 3.19. The van der Waals surface area contributed by atoms with Gasteiger partial charge < -0.3 is 15.2 Å². The molecular weight excluding hydrogens is 278 g/mol. The fraction of sp³-hybridized carbons (Fsp3) is 0.571. The topological polar surface area (TPSA) is 78.6 Å². The van der Waals surface area contributed by atoms with Gasteiger partial charge in [-0.1, -0.05) is 12.1 Å². The van der Waals surface area contributed by atoms with Crippen molar-refractivity contribution in [1.29, 1.82) is 0 Å². The molecule has 2 rings (SSSR count). The van der Waals surface area contributed by atoms with E-state index in [0.717, 1.165) is 11.3 Å². The normalized spacial score (nSPS) is 29.2. The summed E-state index contributed by atoms with van der Waals surface area (Å²) < 4.78 is 34.4. The molecule has 0 saturated heterocycles. The van der Waals surface area contributed by atoms with Gasteiger partial charge in [0.1, 0.15) is 5.75 Å². The zero-order chi connectivity index (χ0) is 15.0. The first kappa shape index (κ1) is 15.3. The van der Waals surface area contributed by atoms with Crippen molar-refractivity contribution in [1.82, 2.24) is 0 Å². The highest BCUT2D eigenvalue weighted by Gasteiger charge is 2.69. The third-order valence-electron chi connectivity index (χ3n) is 4.11. The maximum Gasteiger partial charge on any atom is 0.151 e. The number of ether oxygens (including phenoxy) is 2. The Bertz CT molecular complexity index is 569. The van der Waals surface area contributed by atoms with Gasteiger partial charge in [-0.2, -0.15) is 0 Å². The second kappa shape index (κ2) is 5.35. The highest BCUT2D eigenvalue weighted by Crippen LogP contribution is 2.62. The van der Waals surface area contributed by atoms with Crippen LogP contribution >= 0.6 is 0 Å². The lowest BCUT2D eigenvalue weighted by Crippen LogP contribution is -2.28. The van der Waals surface area contributed by atoms with Crippen LogP contribution in [0.3, 0.4) is 0 Å². The zero-order valence-electron chi connectivity index (χ0n) is 12.0. The minimum atomic E-state index is -3.18. The molecule has 1 fully saturated rings. The average Bonchev–Trinajstić information content (AvgIpc) is 3.09. The van der Waals surface area contributed by atoms with E-state index in [4.69, 9.17) is 15.2 Å². The summed E-state index contributed by atoms with van der Waals surface area (Å²) in [5.74, 6) is 0.628. The van der Waals surface area contributed by atoms with Crippen molar-refractivity contribution < 1.29 is 17.9 Å².